The number of aryl methyl sites for hydroxylation is 1. The molecule has 0 aliphatic heterocycles. The summed E-state index contributed by atoms with van der Waals surface area (Å²) in [6.07, 6.45) is 3.92. The van der Waals surface area contributed by atoms with E-state index in [1.54, 1.807) is 24.3 Å². The molecule has 5 heteroatoms. The highest BCUT2D eigenvalue weighted by Gasteiger charge is 2.25. The second-order valence-electron chi connectivity index (χ2n) is 7.84. The van der Waals surface area contributed by atoms with E-state index in [0.717, 1.165) is 29.5 Å². The zero-order valence-electron chi connectivity index (χ0n) is 17.4. The highest BCUT2D eigenvalue weighted by atomic mass is 16.2. The number of nitrogens with two attached hydrogens (primary N) is 1. The number of amides is 2. The number of rotatable bonds is 6. The van der Waals surface area contributed by atoms with Gasteiger partial charge >= 0.3 is 0 Å². The van der Waals surface area contributed by atoms with Gasteiger partial charge in [0.05, 0.1) is 11.4 Å². The third kappa shape index (κ3) is 5.20. The first-order valence-electron chi connectivity index (χ1n) is 10.3. The number of hydrogen-bond donors (Lipinski definition) is 3. The molecule has 0 bridgehead atoms. The Bertz CT molecular complexity index is 1130. The van der Waals surface area contributed by atoms with E-state index in [9.17, 15) is 9.59 Å². The van der Waals surface area contributed by atoms with Crippen LogP contribution < -0.4 is 16.4 Å². The second kappa shape index (κ2) is 8.88. The van der Waals surface area contributed by atoms with Gasteiger partial charge < -0.3 is 16.4 Å². The molecule has 5 nitrogen and oxygen atoms in total. The van der Waals surface area contributed by atoms with Gasteiger partial charge in [0.15, 0.2) is 0 Å². The molecule has 1 fully saturated rings. The third-order valence-electron chi connectivity index (χ3n) is 5.21. The number of carbonyl (C=O) groups excluding carboxylic acids is 2. The first kappa shape index (κ1) is 20.4. The first-order chi connectivity index (χ1) is 15.0. The largest absolute Gasteiger partial charge is 0.397 e. The molecular weight excluding hydrogens is 386 g/mol. The summed E-state index contributed by atoms with van der Waals surface area (Å²) in [4.78, 5) is 25.4. The Labute approximate surface area is 182 Å². The number of nitrogen functional groups attached to an aromatic ring is 1. The maximum atomic E-state index is 12.8. The summed E-state index contributed by atoms with van der Waals surface area (Å²) in [6, 6.07) is 22.5. The molecule has 0 saturated heterocycles. The lowest BCUT2D eigenvalue weighted by atomic mass is 10.00. The fourth-order valence-corrected chi connectivity index (χ4v) is 3.21. The summed E-state index contributed by atoms with van der Waals surface area (Å²) in [7, 11) is 0. The number of para-hydroxylation sites is 2. The Morgan fingerprint density at radius 1 is 0.903 bits per heavy atom. The molecule has 0 heterocycles. The highest BCUT2D eigenvalue weighted by Crippen LogP contribution is 2.24. The van der Waals surface area contributed by atoms with Crippen molar-refractivity contribution in [2.75, 3.05) is 11.1 Å². The Kier molecular flexibility index (Phi) is 5.85. The molecule has 31 heavy (non-hydrogen) atoms. The van der Waals surface area contributed by atoms with E-state index in [1.165, 1.54) is 0 Å². The fourth-order valence-electron chi connectivity index (χ4n) is 3.21. The molecule has 2 amide bonds. The summed E-state index contributed by atoms with van der Waals surface area (Å²) >= 11 is 0. The molecule has 1 aliphatic carbocycles. The Morgan fingerprint density at radius 2 is 1.55 bits per heavy atom. The highest BCUT2D eigenvalue weighted by molar-refractivity contribution is 6.24. The number of nitrogens with one attached hydrogen (secondary N) is 2. The minimum absolute atomic E-state index is 0.0762. The minimum atomic E-state index is -0.237. The summed E-state index contributed by atoms with van der Waals surface area (Å²) in [5.41, 5.74) is 11.0. The van der Waals surface area contributed by atoms with E-state index < -0.39 is 0 Å². The van der Waals surface area contributed by atoms with E-state index in [-0.39, 0.29) is 17.9 Å². The van der Waals surface area contributed by atoms with Crippen molar-refractivity contribution in [3.8, 4) is 0 Å². The molecule has 0 atom stereocenters. The van der Waals surface area contributed by atoms with Crippen molar-refractivity contribution in [3.63, 3.8) is 0 Å². The van der Waals surface area contributed by atoms with E-state index in [4.69, 9.17) is 5.73 Å². The van der Waals surface area contributed by atoms with Gasteiger partial charge in [-0.15, -0.1) is 0 Å². The van der Waals surface area contributed by atoms with Gasteiger partial charge in [0, 0.05) is 17.2 Å². The monoisotopic (exact) mass is 411 g/mol. The van der Waals surface area contributed by atoms with E-state index in [1.807, 2.05) is 61.5 Å². The van der Waals surface area contributed by atoms with Crippen molar-refractivity contribution in [2.45, 2.75) is 25.8 Å². The van der Waals surface area contributed by atoms with Crippen LogP contribution in [-0.2, 0) is 4.79 Å². The second-order valence-corrected chi connectivity index (χ2v) is 7.84. The van der Waals surface area contributed by atoms with Crippen LogP contribution in [0.2, 0.25) is 0 Å². The molecule has 0 aromatic heterocycles. The van der Waals surface area contributed by atoms with E-state index >= 15 is 0 Å². The van der Waals surface area contributed by atoms with Gasteiger partial charge in [-0.3, -0.25) is 9.59 Å². The molecular formula is C26H25N3O2. The molecule has 4 rings (SSSR count). The standard InChI is InChI=1S/C26H25N3O2/c1-17-6-10-19(11-7-17)22(26(31)28-21-14-15-21)16-18-8-12-20(13-9-18)25(30)29-24-5-3-2-4-23(24)27/h2-13,16,21H,14-15,27H2,1H3,(H,28,31)(H,29,30)/b22-16+. The van der Waals surface area contributed by atoms with Crippen molar-refractivity contribution in [2.24, 2.45) is 0 Å². The third-order valence-corrected chi connectivity index (χ3v) is 5.21. The number of anilines is 2. The summed E-state index contributed by atoms with van der Waals surface area (Å²) in [6.45, 7) is 2.02. The van der Waals surface area contributed by atoms with Crippen LogP contribution in [0.3, 0.4) is 0 Å². The Morgan fingerprint density at radius 3 is 2.19 bits per heavy atom. The maximum Gasteiger partial charge on any atom is 0.255 e. The topological polar surface area (TPSA) is 84.2 Å². The lowest BCUT2D eigenvalue weighted by molar-refractivity contribution is -0.115. The van der Waals surface area contributed by atoms with Gasteiger partial charge in [0.1, 0.15) is 0 Å². The SMILES string of the molecule is Cc1ccc(/C(=C\c2ccc(C(=O)Nc3ccccc3N)cc2)C(=O)NC2CC2)cc1. The quantitative estimate of drug-likeness (QED) is 0.314. The maximum absolute atomic E-state index is 12.8. The van der Waals surface area contributed by atoms with Crippen LogP contribution in [0.15, 0.2) is 72.8 Å². The van der Waals surface area contributed by atoms with Crippen molar-refractivity contribution in [3.05, 3.63) is 95.1 Å². The zero-order chi connectivity index (χ0) is 21.8. The van der Waals surface area contributed by atoms with Crippen LogP contribution in [0.4, 0.5) is 11.4 Å². The van der Waals surface area contributed by atoms with Crippen LogP contribution in [0, 0.1) is 6.92 Å². The molecule has 0 spiro atoms. The normalized spacial score (nSPS) is 13.5. The van der Waals surface area contributed by atoms with Crippen molar-refractivity contribution in [1.82, 2.24) is 5.32 Å². The van der Waals surface area contributed by atoms with E-state index in [0.29, 0.717) is 22.5 Å². The summed E-state index contributed by atoms with van der Waals surface area (Å²) < 4.78 is 0. The molecule has 156 valence electrons. The van der Waals surface area contributed by atoms with Gasteiger partial charge in [-0.05, 0) is 61.2 Å². The minimum Gasteiger partial charge on any atom is -0.397 e. The van der Waals surface area contributed by atoms with Crippen LogP contribution in [0.1, 0.15) is 39.9 Å². The van der Waals surface area contributed by atoms with Crippen LogP contribution in [0.5, 0.6) is 0 Å². The predicted molar refractivity (Wildman–Crippen MR) is 125 cm³/mol. The molecule has 4 N–H and O–H groups in total. The van der Waals surface area contributed by atoms with Crippen molar-refractivity contribution in [1.29, 1.82) is 0 Å². The molecule has 1 saturated carbocycles. The van der Waals surface area contributed by atoms with Gasteiger partial charge in [0.25, 0.3) is 11.8 Å². The molecule has 1 aliphatic rings. The molecule has 0 unspecified atom stereocenters. The zero-order valence-corrected chi connectivity index (χ0v) is 17.4. The first-order valence-corrected chi connectivity index (χ1v) is 10.3. The van der Waals surface area contributed by atoms with Gasteiger partial charge in [0.2, 0.25) is 0 Å². The van der Waals surface area contributed by atoms with Crippen LogP contribution in [-0.4, -0.2) is 17.9 Å². The lowest BCUT2D eigenvalue weighted by Gasteiger charge is -2.10. The molecule has 0 radical (unpaired) electrons. The fraction of sp³-hybridized carbons (Fsp3) is 0.154. The predicted octanol–water partition coefficient (Wildman–Crippen LogP) is 4.65. The Balaban J connectivity index is 1.56. The van der Waals surface area contributed by atoms with E-state index in [2.05, 4.69) is 10.6 Å². The average Bonchev–Trinajstić information content (AvgIpc) is 3.59. The molecule has 3 aromatic carbocycles. The lowest BCUT2D eigenvalue weighted by Crippen LogP contribution is -2.26. The summed E-state index contributed by atoms with van der Waals surface area (Å²) in [5.74, 6) is -0.314. The van der Waals surface area contributed by atoms with Crippen LogP contribution >= 0.6 is 0 Å². The van der Waals surface area contributed by atoms with Gasteiger partial charge in [-0.2, -0.15) is 0 Å². The van der Waals surface area contributed by atoms with Crippen molar-refractivity contribution < 1.29 is 9.59 Å². The number of carbonyl (C=O) groups is 2. The van der Waals surface area contributed by atoms with Crippen LogP contribution in [0.25, 0.3) is 11.6 Å². The Hall–Kier alpha value is -3.86. The number of benzene rings is 3. The number of hydrogen-bond acceptors (Lipinski definition) is 3. The molecule has 3 aromatic rings. The average molecular weight is 412 g/mol. The smallest absolute Gasteiger partial charge is 0.255 e. The van der Waals surface area contributed by atoms with Gasteiger partial charge in [-0.1, -0.05) is 54.1 Å². The van der Waals surface area contributed by atoms with Gasteiger partial charge in [-0.25, -0.2) is 0 Å². The van der Waals surface area contributed by atoms with Crippen molar-refractivity contribution >= 4 is 34.8 Å². The summed E-state index contributed by atoms with van der Waals surface area (Å²) in [5, 5.41) is 5.89.